The number of carbonyl (C=O) groups is 1. The fourth-order valence-electron chi connectivity index (χ4n) is 2.29. The van der Waals surface area contributed by atoms with Gasteiger partial charge >= 0.3 is 0 Å². The summed E-state index contributed by atoms with van der Waals surface area (Å²) in [6.07, 6.45) is 1.33. The first-order valence-corrected chi connectivity index (χ1v) is 6.25. The lowest BCUT2D eigenvalue weighted by Crippen LogP contribution is -2.08. The molecular weight excluding hydrogens is 279 g/mol. The van der Waals surface area contributed by atoms with E-state index >= 15 is 0 Å². The molecule has 0 saturated carbocycles. The highest BCUT2D eigenvalue weighted by molar-refractivity contribution is 6.16. The van der Waals surface area contributed by atoms with E-state index in [2.05, 4.69) is 4.98 Å². The number of carbonyl (C=O) groups excluding carboxylic acids is 1. The SMILES string of the molecule is Cc1ccc(F)c(C(=O)c2c[nH]c3cc(F)ccc23)c1F. The minimum absolute atomic E-state index is 0.105. The fraction of sp³-hybridized carbons (Fsp3) is 0.0625. The zero-order valence-corrected chi connectivity index (χ0v) is 11.0. The first-order chi connectivity index (χ1) is 9.99. The van der Waals surface area contributed by atoms with Crippen molar-refractivity contribution >= 4 is 16.7 Å². The van der Waals surface area contributed by atoms with Crippen LogP contribution in [0.15, 0.2) is 36.5 Å². The summed E-state index contributed by atoms with van der Waals surface area (Å²) in [4.78, 5) is 15.1. The molecule has 2 nitrogen and oxygen atoms in total. The number of fused-ring (bicyclic) bond motifs is 1. The molecule has 0 radical (unpaired) electrons. The molecule has 1 heterocycles. The molecule has 0 fully saturated rings. The van der Waals surface area contributed by atoms with Gasteiger partial charge in [0.2, 0.25) is 5.78 Å². The van der Waals surface area contributed by atoms with Gasteiger partial charge in [0.05, 0.1) is 5.56 Å². The lowest BCUT2D eigenvalue weighted by atomic mass is 10.00. The van der Waals surface area contributed by atoms with Crippen molar-refractivity contribution in [3.05, 3.63) is 70.7 Å². The van der Waals surface area contributed by atoms with Crippen LogP contribution in [-0.4, -0.2) is 10.8 Å². The highest BCUT2D eigenvalue weighted by Crippen LogP contribution is 2.25. The number of aryl methyl sites for hydroxylation is 1. The maximum Gasteiger partial charge on any atom is 0.201 e. The van der Waals surface area contributed by atoms with Crippen molar-refractivity contribution < 1.29 is 18.0 Å². The minimum Gasteiger partial charge on any atom is -0.360 e. The fourth-order valence-corrected chi connectivity index (χ4v) is 2.29. The first-order valence-electron chi connectivity index (χ1n) is 6.25. The molecule has 3 aromatic rings. The highest BCUT2D eigenvalue weighted by Gasteiger charge is 2.22. The van der Waals surface area contributed by atoms with Crippen molar-refractivity contribution in [2.75, 3.05) is 0 Å². The van der Waals surface area contributed by atoms with Gasteiger partial charge in [0.15, 0.2) is 0 Å². The minimum atomic E-state index is -0.917. The van der Waals surface area contributed by atoms with E-state index < -0.39 is 28.8 Å². The molecule has 0 saturated heterocycles. The normalized spacial score (nSPS) is 11.0. The Hall–Kier alpha value is -2.56. The Labute approximate surface area is 118 Å². The van der Waals surface area contributed by atoms with Crippen molar-refractivity contribution in [2.45, 2.75) is 6.92 Å². The number of aromatic nitrogens is 1. The molecule has 0 amide bonds. The Morgan fingerprint density at radius 1 is 1.10 bits per heavy atom. The van der Waals surface area contributed by atoms with Crippen LogP contribution in [0, 0.1) is 24.4 Å². The zero-order valence-electron chi connectivity index (χ0n) is 11.0. The van der Waals surface area contributed by atoms with Crippen molar-refractivity contribution in [3.63, 3.8) is 0 Å². The first kappa shape index (κ1) is 13.4. The summed E-state index contributed by atoms with van der Waals surface area (Å²) in [5, 5.41) is 0.418. The number of benzene rings is 2. The van der Waals surface area contributed by atoms with Gasteiger partial charge in [-0.2, -0.15) is 0 Å². The lowest BCUT2D eigenvalue weighted by molar-refractivity contribution is 0.103. The molecule has 1 N–H and O–H groups in total. The van der Waals surface area contributed by atoms with Crippen LogP contribution in [0.25, 0.3) is 10.9 Å². The number of nitrogens with one attached hydrogen (secondary N) is 1. The van der Waals surface area contributed by atoms with Crippen LogP contribution < -0.4 is 0 Å². The third kappa shape index (κ3) is 2.11. The van der Waals surface area contributed by atoms with Gasteiger partial charge in [0, 0.05) is 22.7 Å². The van der Waals surface area contributed by atoms with Crippen LogP contribution in [0.1, 0.15) is 21.5 Å². The number of hydrogen-bond donors (Lipinski definition) is 1. The van der Waals surface area contributed by atoms with E-state index in [0.717, 1.165) is 6.07 Å². The van der Waals surface area contributed by atoms with Crippen molar-refractivity contribution in [1.82, 2.24) is 4.98 Å². The maximum atomic E-state index is 14.0. The van der Waals surface area contributed by atoms with E-state index in [1.54, 1.807) is 0 Å². The Kier molecular flexibility index (Phi) is 3.05. The van der Waals surface area contributed by atoms with E-state index in [0.29, 0.717) is 10.9 Å². The molecule has 0 aliphatic rings. The quantitative estimate of drug-likeness (QED) is 0.707. The molecule has 0 unspecified atom stereocenters. The van der Waals surface area contributed by atoms with Gasteiger partial charge in [-0.3, -0.25) is 4.79 Å². The van der Waals surface area contributed by atoms with Crippen LogP contribution in [0.2, 0.25) is 0 Å². The maximum absolute atomic E-state index is 14.0. The number of H-pyrrole nitrogens is 1. The predicted octanol–water partition coefficient (Wildman–Crippen LogP) is 4.12. The van der Waals surface area contributed by atoms with Crippen molar-refractivity contribution in [2.24, 2.45) is 0 Å². The van der Waals surface area contributed by atoms with E-state index in [1.807, 2.05) is 0 Å². The second-order valence-electron chi connectivity index (χ2n) is 4.77. The summed E-state index contributed by atoms with van der Waals surface area (Å²) >= 11 is 0. The van der Waals surface area contributed by atoms with Gasteiger partial charge in [-0.1, -0.05) is 6.07 Å². The van der Waals surface area contributed by atoms with Crippen molar-refractivity contribution in [1.29, 1.82) is 0 Å². The Morgan fingerprint density at radius 2 is 1.86 bits per heavy atom. The Bertz CT molecular complexity index is 867. The molecule has 0 aliphatic heterocycles. The second-order valence-corrected chi connectivity index (χ2v) is 4.77. The number of rotatable bonds is 2. The Balaban J connectivity index is 2.20. The van der Waals surface area contributed by atoms with E-state index in [4.69, 9.17) is 0 Å². The van der Waals surface area contributed by atoms with Crippen LogP contribution in [0.5, 0.6) is 0 Å². The molecule has 0 spiro atoms. The molecule has 21 heavy (non-hydrogen) atoms. The summed E-state index contributed by atoms with van der Waals surface area (Å²) in [7, 11) is 0. The number of halogens is 3. The highest BCUT2D eigenvalue weighted by atomic mass is 19.1. The summed E-state index contributed by atoms with van der Waals surface area (Å²) in [6.45, 7) is 1.45. The second kappa shape index (κ2) is 4.77. The van der Waals surface area contributed by atoms with Crippen LogP contribution >= 0.6 is 0 Å². The molecule has 0 bridgehead atoms. The number of hydrogen-bond acceptors (Lipinski definition) is 1. The van der Waals surface area contributed by atoms with E-state index in [1.165, 1.54) is 37.4 Å². The average molecular weight is 289 g/mol. The zero-order chi connectivity index (χ0) is 15.1. The molecule has 3 rings (SSSR count). The van der Waals surface area contributed by atoms with Crippen LogP contribution in [-0.2, 0) is 0 Å². The molecule has 5 heteroatoms. The Morgan fingerprint density at radius 3 is 2.62 bits per heavy atom. The third-order valence-electron chi connectivity index (χ3n) is 3.40. The van der Waals surface area contributed by atoms with Gasteiger partial charge in [-0.25, -0.2) is 13.2 Å². The standard InChI is InChI=1S/C16H10F3NO/c1-8-2-5-12(18)14(15(8)19)16(21)11-7-20-13-6-9(17)3-4-10(11)13/h2-7,20H,1H3. The van der Waals surface area contributed by atoms with Gasteiger partial charge in [0.25, 0.3) is 0 Å². The topological polar surface area (TPSA) is 32.9 Å². The predicted molar refractivity (Wildman–Crippen MR) is 72.8 cm³/mol. The van der Waals surface area contributed by atoms with E-state index in [-0.39, 0.29) is 11.1 Å². The van der Waals surface area contributed by atoms with Crippen LogP contribution in [0.3, 0.4) is 0 Å². The van der Waals surface area contributed by atoms with Crippen molar-refractivity contribution in [3.8, 4) is 0 Å². The summed E-state index contributed by atoms with van der Waals surface area (Å²) in [5.74, 6) is -3.03. The molecule has 106 valence electrons. The third-order valence-corrected chi connectivity index (χ3v) is 3.40. The lowest BCUT2D eigenvalue weighted by Gasteiger charge is -2.06. The summed E-state index contributed by atoms with van der Waals surface area (Å²) < 4.78 is 41.0. The van der Waals surface area contributed by atoms with Gasteiger partial charge < -0.3 is 4.98 Å². The number of aromatic amines is 1. The molecular formula is C16H10F3NO. The monoisotopic (exact) mass is 289 g/mol. The van der Waals surface area contributed by atoms with Gasteiger partial charge in [-0.05, 0) is 36.8 Å². The molecule has 1 aromatic heterocycles. The average Bonchev–Trinajstić information content (AvgIpc) is 2.86. The summed E-state index contributed by atoms with van der Waals surface area (Å²) in [5.41, 5.74) is 0.0890. The largest absolute Gasteiger partial charge is 0.360 e. The van der Waals surface area contributed by atoms with E-state index in [9.17, 15) is 18.0 Å². The smallest absolute Gasteiger partial charge is 0.201 e. The van der Waals surface area contributed by atoms with Gasteiger partial charge in [-0.15, -0.1) is 0 Å². The number of ketones is 1. The molecule has 2 aromatic carbocycles. The molecule has 0 atom stereocenters. The van der Waals surface area contributed by atoms with Gasteiger partial charge in [0.1, 0.15) is 17.5 Å². The summed E-state index contributed by atoms with van der Waals surface area (Å²) in [6, 6.07) is 6.14. The van der Waals surface area contributed by atoms with Crippen LogP contribution in [0.4, 0.5) is 13.2 Å². The molecule has 0 aliphatic carbocycles.